The molecule has 6 nitrogen and oxygen atoms in total. The summed E-state index contributed by atoms with van der Waals surface area (Å²) in [5, 5.41) is 11.5. The molecule has 1 amide bonds. The van der Waals surface area contributed by atoms with E-state index >= 15 is 0 Å². The average Bonchev–Trinajstić information content (AvgIpc) is 2.74. The van der Waals surface area contributed by atoms with E-state index < -0.39 is 6.09 Å². The number of benzene rings is 1. The van der Waals surface area contributed by atoms with Crippen molar-refractivity contribution < 1.29 is 9.53 Å². The van der Waals surface area contributed by atoms with Crippen molar-refractivity contribution in [1.29, 1.82) is 5.26 Å². The first-order valence-corrected chi connectivity index (χ1v) is 6.03. The van der Waals surface area contributed by atoms with E-state index in [1.165, 1.54) is 0 Å². The van der Waals surface area contributed by atoms with Gasteiger partial charge in [0.2, 0.25) is 0 Å². The first-order chi connectivity index (χ1) is 9.61. The van der Waals surface area contributed by atoms with E-state index in [-0.39, 0.29) is 12.3 Å². The van der Waals surface area contributed by atoms with Gasteiger partial charge in [-0.15, -0.1) is 0 Å². The predicted octanol–water partition coefficient (Wildman–Crippen LogP) is 2.35. The van der Waals surface area contributed by atoms with Crippen LogP contribution in [0.5, 0.6) is 0 Å². The third kappa shape index (κ3) is 2.95. The Kier molecular flexibility index (Phi) is 4.01. The molecule has 0 radical (unpaired) electrons. The average molecular weight is 270 g/mol. The molecule has 0 fully saturated rings. The Bertz CT molecular complexity index is 656. The van der Waals surface area contributed by atoms with Gasteiger partial charge in [-0.25, -0.2) is 9.78 Å². The normalized spacial score (nSPS) is 9.85. The fraction of sp³-hybridized carbons (Fsp3) is 0.214. The molecular weight excluding hydrogens is 256 g/mol. The van der Waals surface area contributed by atoms with Gasteiger partial charge in [0.15, 0.2) is 11.5 Å². The number of nitrogens with zero attached hydrogens (tertiary/aromatic N) is 3. The van der Waals surface area contributed by atoms with Crippen molar-refractivity contribution in [2.75, 3.05) is 5.32 Å². The number of carbonyl (C=O) groups is 1. The Hall–Kier alpha value is -2.81. The molecule has 0 saturated heterocycles. The molecule has 1 N–H and O–H groups in total. The third-order valence-corrected chi connectivity index (χ3v) is 2.86. The molecule has 20 heavy (non-hydrogen) atoms. The van der Waals surface area contributed by atoms with Crippen LogP contribution < -0.4 is 5.32 Å². The predicted molar refractivity (Wildman–Crippen MR) is 72.9 cm³/mol. The summed E-state index contributed by atoms with van der Waals surface area (Å²) < 4.78 is 6.72. The summed E-state index contributed by atoms with van der Waals surface area (Å²) in [6.45, 7) is 1.92. The number of hydrogen-bond acceptors (Lipinski definition) is 4. The number of anilines is 1. The molecule has 1 heterocycles. The zero-order valence-electron chi connectivity index (χ0n) is 11.3. The highest BCUT2D eigenvalue weighted by molar-refractivity contribution is 5.85. The number of aromatic nitrogens is 2. The first-order valence-electron chi connectivity index (χ1n) is 6.03. The van der Waals surface area contributed by atoms with Gasteiger partial charge in [-0.1, -0.05) is 30.3 Å². The van der Waals surface area contributed by atoms with Gasteiger partial charge < -0.3 is 9.30 Å². The number of nitrogens with one attached hydrogen (secondary N) is 1. The van der Waals surface area contributed by atoms with E-state index in [4.69, 9.17) is 10.00 Å². The SMILES string of the molecule is Cc1nc(C#N)c(NC(=O)OCc2ccccc2)n1C. The van der Waals surface area contributed by atoms with Gasteiger partial charge in [0, 0.05) is 7.05 Å². The maximum absolute atomic E-state index is 11.7. The van der Waals surface area contributed by atoms with Crippen LogP contribution in [0.2, 0.25) is 0 Å². The molecule has 0 spiro atoms. The van der Waals surface area contributed by atoms with Crippen molar-refractivity contribution in [3.8, 4) is 6.07 Å². The number of hydrogen-bond donors (Lipinski definition) is 1. The summed E-state index contributed by atoms with van der Waals surface area (Å²) in [6.07, 6.45) is -0.617. The lowest BCUT2D eigenvalue weighted by atomic mass is 10.2. The molecule has 0 aliphatic heterocycles. The summed E-state index contributed by atoms with van der Waals surface area (Å²) in [5.74, 6) is 0.975. The highest BCUT2D eigenvalue weighted by Gasteiger charge is 2.15. The molecule has 102 valence electrons. The van der Waals surface area contributed by atoms with Crippen LogP contribution in [-0.2, 0) is 18.4 Å². The lowest BCUT2D eigenvalue weighted by molar-refractivity contribution is 0.155. The summed E-state index contributed by atoms with van der Waals surface area (Å²) in [5.41, 5.74) is 1.06. The molecule has 0 saturated carbocycles. The Labute approximate surface area is 116 Å². The second kappa shape index (κ2) is 5.89. The fourth-order valence-electron chi connectivity index (χ4n) is 1.69. The zero-order chi connectivity index (χ0) is 14.5. The van der Waals surface area contributed by atoms with Crippen LogP contribution in [0.15, 0.2) is 30.3 Å². The molecule has 0 atom stereocenters. The largest absolute Gasteiger partial charge is 0.444 e. The summed E-state index contributed by atoms with van der Waals surface area (Å²) >= 11 is 0. The van der Waals surface area contributed by atoms with Gasteiger partial charge in [-0.2, -0.15) is 5.26 Å². The van der Waals surface area contributed by atoms with E-state index in [0.29, 0.717) is 11.6 Å². The Morgan fingerprint density at radius 3 is 2.80 bits per heavy atom. The van der Waals surface area contributed by atoms with Gasteiger partial charge in [-0.05, 0) is 12.5 Å². The number of carbonyl (C=O) groups excluding carboxylic acids is 1. The smallest absolute Gasteiger partial charge is 0.413 e. The van der Waals surface area contributed by atoms with E-state index in [1.54, 1.807) is 18.5 Å². The lowest BCUT2D eigenvalue weighted by Gasteiger charge is -2.08. The topological polar surface area (TPSA) is 79.9 Å². The maximum atomic E-state index is 11.7. The highest BCUT2D eigenvalue weighted by Crippen LogP contribution is 2.15. The fourth-order valence-corrected chi connectivity index (χ4v) is 1.69. The number of amides is 1. The standard InChI is InChI=1S/C14H14N4O2/c1-10-16-12(8-15)13(18(10)2)17-14(19)20-9-11-6-4-3-5-7-11/h3-7H,9H2,1-2H3,(H,17,19). The Morgan fingerprint density at radius 1 is 1.45 bits per heavy atom. The molecule has 2 rings (SSSR count). The minimum atomic E-state index is -0.617. The van der Waals surface area contributed by atoms with Crippen molar-refractivity contribution in [3.63, 3.8) is 0 Å². The number of aryl methyl sites for hydroxylation is 1. The lowest BCUT2D eigenvalue weighted by Crippen LogP contribution is -2.16. The van der Waals surface area contributed by atoms with Crippen LogP contribution in [0.1, 0.15) is 17.1 Å². The van der Waals surface area contributed by atoms with Crippen molar-refractivity contribution >= 4 is 11.9 Å². The van der Waals surface area contributed by atoms with Crippen LogP contribution in [0.3, 0.4) is 0 Å². The number of imidazole rings is 1. The van der Waals surface area contributed by atoms with Crippen LogP contribution in [0, 0.1) is 18.3 Å². The van der Waals surface area contributed by atoms with Crippen molar-refractivity contribution in [2.45, 2.75) is 13.5 Å². The Balaban J connectivity index is 2.00. The molecule has 0 aliphatic carbocycles. The quantitative estimate of drug-likeness (QED) is 0.928. The molecule has 6 heteroatoms. The van der Waals surface area contributed by atoms with E-state index in [2.05, 4.69) is 10.3 Å². The van der Waals surface area contributed by atoms with Crippen LogP contribution in [0.4, 0.5) is 10.6 Å². The van der Waals surface area contributed by atoms with Crippen molar-refractivity contribution in [1.82, 2.24) is 9.55 Å². The van der Waals surface area contributed by atoms with Crippen LogP contribution in [0.25, 0.3) is 0 Å². The van der Waals surface area contributed by atoms with Gasteiger partial charge >= 0.3 is 6.09 Å². The van der Waals surface area contributed by atoms with Gasteiger partial charge in [0.1, 0.15) is 18.5 Å². The molecule has 1 aromatic heterocycles. The van der Waals surface area contributed by atoms with Gasteiger partial charge in [-0.3, -0.25) is 5.32 Å². The second-order valence-corrected chi connectivity index (χ2v) is 4.21. The van der Waals surface area contributed by atoms with E-state index in [9.17, 15) is 4.79 Å². The van der Waals surface area contributed by atoms with Crippen LogP contribution in [-0.4, -0.2) is 15.6 Å². The monoisotopic (exact) mass is 270 g/mol. The number of nitriles is 1. The Morgan fingerprint density at radius 2 is 2.15 bits per heavy atom. The number of rotatable bonds is 3. The summed E-state index contributed by atoms with van der Waals surface area (Å²) in [7, 11) is 1.72. The van der Waals surface area contributed by atoms with Crippen molar-refractivity contribution in [2.24, 2.45) is 7.05 Å². The zero-order valence-corrected chi connectivity index (χ0v) is 11.3. The minimum absolute atomic E-state index is 0.168. The van der Waals surface area contributed by atoms with Gasteiger partial charge in [0.25, 0.3) is 0 Å². The highest BCUT2D eigenvalue weighted by atomic mass is 16.5. The van der Waals surface area contributed by atoms with E-state index in [1.807, 2.05) is 36.4 Å². The molecular formula is C14H14N4O2. The van der Waals surface area contributed by atoms with Crippen molar-refractivity contribution in [3.05, 3.63) is 47.4 Å². The van der Waals surface area contributed by atoms with E-state index in [0.717, 1.165) is 5.56 Å². The first kappa shape index (κ1) is 13.6. The molecule has 2 aromatic rings. The van der Waals surface area contributed by atoms with Gasteiger partial charge in [0.05, 0.1) is 0 Å². The number of ether oxygens (including phenoxy) is 1. The second-order valence-electron chi connectivity index (χ2n) is 4.21. The van der Waals surface area contributed by atoms with Crippen LogP contribution >= 0.6 is 0 Å². The maximum Gasteiger partial charge on any atom is 0.413 e. The molecule has 0 unspecified atom stereocenters. The third-order valence-electron chi connectivity index (χ3n) is 2.86. The summed E-state index contributed by atoms with van der Waals surface area (Å²) in [4.78, 5) is 15.8. The molecule has 1 aromatic carbocycles. The molecule has 0 aliphatic rings. The molecule has 0 bridgehead atoms. The summed E-state index contributed by atoms with van der Waals surface area (Å²) in [6, 6.07) is 11.3. The minimum Gasteiger partial charge on any atom is -0.444 e.